The van der Waals surface area contributed by atoms with Gasteiger partial charge in [0.05, 0.1) is 45.3 Å². The molecule has 1 atom stereocenters. The highest BCUT2D eigenvalue weighted by Gasteiger charge is 2.31. The van der Waals surface area contributed by atoms with Gasteiger partial charge < -0.3 is 14.6 Å². The standard InChI is InChI=1S/C28H22Cl2F3N3O4/c1-16(26(38)35-20-9-5-8-19(29)25(20)30)40-24(37)13-11-21-27(39)36(15-17-6-3-2-4-7-17)23-12-10-18(28(31,32)33)14-22(23)34-21/h2-10,12,14,16H,11,13,15H2,1H3,(H,35,38)/t16-/m1/s1. The molecule has 0 bridgehead atoms. The zero-order valence-electron chi connectivity index (χ0n) is 21.0. The summed E-state index contributed by atoms with van der Waals surface area (Å²) in [6, 6.07) is 16.5. The number of carbonyl (C=O) groups excluding carboxylic acids is 2. The van der Waals surface area contributed by atoms with Crippen molar-refractivity contribution in [2.75, 3.05) is 5.32 Å². The smallest absolute Gasteiger partial charge is 0.416 e. The molecule has 0 aliphatic carbocycles. The summed E-state index contributed by atoms with van der Waals surface area (Å²) in [6.07, 6.45) is -6.37. The van der Waals surface area contributed by atoms with Gasteiger partial charge in [-0.3, -0.25) is 14.4 Å². The predicted molar refractivity (Wildman–Crippen MR) is 146 cm³/mol. The van der Waals surface area contributed by atoms with Crippen LogP contribution < -0.4 is 10.9 Å². The number of hydrogen-bond acceptors (Lipinski definition) is 5. The highest BCUT2D eigenvalue weighted by molar-refractivity contribution is 6.44. The number of nitrogens with one attached hydrogen (secondary N) is 1. The Morgan fingerprint density at radius 2 is 1.77 bits per heavy atom. The molecule has 1 N–H and O–H groups in total. The predicted octanol–water partition coefficient (Wildman–Crippen LogP) is 6.27. The maximum absolute atomic E-state index is 13.4. The van der Waals surface area contributed by atoms with E-state index in [1.807, 2.05) is 0 Å². The second kappa shape index (κ2) is 12.1. The van der Waals surface area contributed by atoms with E-state index in [0.717, 1.165) is 17.7 Å². The minimum Gasteiger partial charge on any atom is -0.453 e. The van der Waals surface area contributed by atoms with E-state index in [0.29, 0.717) is 0 Å². The molecular weight excluding hydrogens is 570 g/mol. The molecule has 0 spiro atoms. The van der Waals surface area contributed by atoms with Gasteiger partial charge >= 0.3 is 12.1 Å². The quantitative estimate of drug-likeness (QED) is 0.244. The van der Waals surface area contributed by atoms with E-state index in [9.17, 15) is 27.6 Å². The lowest BCUT2D eigenvalue weighted by Crippen LogP contribution is -2.31. The summed E-state index contributed by atoms with van der Waals surface area (Å²) < 4.78 is 46.6. The van der Waals surface area contributed by atoms with Crippen LogP contribution in [0.5, 0.6) is 0 Å². The highest BCUT2D eigenvalue weighted by atomic mass is 35.5. The summed E-state index contributed by atoms with van der Waals surface area (Å²) in [5, 5.41) is 2.87. The number of hydrogen-bond donors (Lipinski definition) is 1. The summed E-state index contributed by atoms with van der Waals surface area (Å²) in [6.45, 7) is 1.44. The first-order valence-corrected chi connectivity index (χ1v) is 12.8. The van der Waals surface area contributed by atoms with Gasteiger partial charge in [0.2, 0.25) is 0 Å². The third kappa shape index (κ3) is 6.81. The number of ether oxygens (including phenoxy) is 1. The van der Waals surface area contributed by atoms with E-state index < -0.39 is 35.3 Å². The molecule has 1 aromatic heterocycles. The van der Waals surface area contributed by atoms with E-state index in [1.54, 1.807) is 42.5 Å². The number of aromatic nitrogens is 2. The van der Waals surface area contributed by atoms with Crippen LogP contribution in [0.4, 0.5) is 18.9 Å². The Bertz CT molecular complexity index is 1630. The lowest BCUT2D eigenvalue weighted by molar-refractivity contribution is -0.153. The number of alkyl halides is 3. The first-order chi connectivity index (χ1) is 18.9. The summed E-state index contributed by atoms with van der Waals surface area (Å²) in [7, 11) is 0. The van der Waals surface area contributed by atoms with Crippen molar-refractivity contribution in [2.45, 2.75) is 38.6 Å². The molecule has 1 heterocycles. The van der Waals surface area contributed by atoms with Crippen molar-refractivity contribution in [1.29, 1.82) is 0 Å². The molecule has 40 heavy (non-hydrogen) atoms. The van der Waals surface area contributed by atoms with Crippen molar-refractivity contribution < 1.29 is 27.5 Å². The second-order valence-corrected chi connectivity index (χ2v) is 9.64. The number of halogens is 5. The number of benzene rings is 3. The number of carbonyl (C=O) groups is 2. The van der Waals surface area contributed by atoms with Gasteiger partial charge in [0.15, 0.2) is 6.10 Å². The van der Waals surface area contributed by atoms with Gasteiger partial charge in [-0.25, -0.2) is 4.98 Å². The van der Waals surface area contributed by atoms with Crippen molar-refractivity contribution in [1.82, 2.24) is 9.55 Å². The summed E-state index contributed by atoms with van der Waals surface area (Å²) >= 11 is 12.0. The molecule has 4 rings (SSSR count). The second-order valence-electron chi connectivity index (χ2n) is 8.86. The Balaban J connectivity index is 1.53. The fraction of sp³-hybridized carbons (Fsp3) is 0.214. The third-order valence-electron chi connectivity index (χ3n) is 5.98. The van der Waals surface area contributed by atoms with Gasteiger partial charge in [0.1, 0.15) is 5.69 Å². The number of nitrogens with zero attached hydrogens (tertiary/aromatic N) is 2. The van der Waals surface area contributed by atoms with Crippen LogP contribution in [0.3, 0.4) is 0 Å². The van der Waals surface area contributed by atoms with Gasteiger partial charge in [0.25, 0.3) is 11.5 Å². The van der Waals surface area contributed by atoms with Crippen LogP contribution in [-0.4, -0.2) is 27.5 Å². The van der Waals surface area contributed by atoms with E-state index >= 15 is 0 Å². The molecule has 7 nitrogen and oxygen atoms in total. The molecule has 208 valence electrons. The Hall–Kier alpha value is -3.89. The average Bonchev–Trinajstić information content (AvgIpc) is 2.91. The van der Waals surface area contributed by atoms with Gasteiger partial charge in [-0.05, 0) is 42.8 Å². The largest absolute Gasteiger partial charge is 0.453 e. The molecule has 0 aliphatic rings. The van der Waals surface area contributed by atoms with E-state index in [1.165, 1.54) is 23.6 Å². The SMILES string of the molecule is C[C@@H](OC(=O)CCc1nc2cc(C(F)(F)F)ccc2n(Cc2ccccc2)c1=O)C(=O)Nc1cccc(Cl)c1Cl. The van der Waals surface area contributed by atoms with Crippen LogP contribution in [0.2, 0.25) is 10.0 Å². The average molecular weight is 592 g/mol. The first kappa shape index (κ1) is 29.1. The van der Waals surface area contributed by atoms with Gasteiger partial charge in [0, 0.05) is 6.42 Å². The molecular formula is C28H22Cl2F3N3O4. The Labute approximate surface area is 236 Å². The number of amides is 1. The molecule has 0 radical (unpaired) electrons. The normalized spacial score (nSPS) is 12.2. The van der Waals surface area contributed by atoms with Crippen LogP contribution in [0.1, 0.15) is 30.2 Å². The maximum Gasteiger partial charge on any atom is 0.416 e. The minimum atomic E-state index is -4.60. The Morgan fingerprint density at radius 3 is 2.48 bits per heavy atom. The number of rotatable bonds is 8. The fourth-order valence-electron chi connectivity index (χ4n) is 3.93. The van der Waals surface area contributed by atoms with Crippen molar-refractivity contribution in [3.05, 3.63) is 104 Å². The zero-order chi connectivity index (χ0) is 29.0. The summed E-state index contributed by atoms with van der Waals surface area (Å²) in [4.78, 5) is 42.5. The number of anilines is 1. The monoisotopic (exact) mass is 591 g/mol. The summed E-state index contributed by atoms with van der Waals surface area (Å²) in [5.41, 5.74) is -0.408. The first-order valence-electron chi connectivity index (χ1n) is 12.0. The highest BCUT2D eigenvalue weighted by Crippen LogP contribution is 2.31. The molecule has 0 unspecified atom stereocenters. The lowest BCUT2D eigenvalue weighted by Gasteiger charge is -2.15. The van der Waals surface area contributed by atoms with Crippen molar-refractivity contribution in [3.63, 3.8) is 0 Å². The fourth-order valence-corrected chi connectivity index (χ4v) is 4.27. The van der Waals surface area contributed by atoms with E-state index in [-0.39, 0.29) is 51.8 Å². The minimum absolute atomic E-state index is 0.0418. The van der Waals surface area contributed by atoms with Crippen LogP contribution in [-0.2, 0) is 33.5 Å². The molecule has 1 amide bonds. The van der Waals surface area contributed by atoms with Crippen LogP contribution >= 0.6 is 23.2 Å². The number of esters is 1. The van der Waals surface area contributed by atoms with E-state index in [4.69, 9.17) is 27.9 Å². The number of fused-ring (bicyclic) bond motifs is 1. The summed E-state index contributed by atoms with van der Waals surface area (Å²) in [5.74, 6) is -1.47. The Morgan fingerprint density at radius 1 is 1.05 bits per heavy atom. The number of aryl methyl sites for hydroxylation is 1. The molecule has 0 fully saturated rings. The van der Waals surface area contributed by atoms with E-state index in [2.05, 4.69) is 10.3 Å². The molecule has 3 aromatic carbocycles. The molecule has 4 aromatic rings. The maximum atomic E-state index is 13.4. The van der Waals surface area contributed by atoms with Crippen LogP contribution in [0.15, 0.2) is 71.5 Å². The van der Waals surface area contributed by atoms with Crippen LogP contribution in [0.25, 0.3) is 11.0 Å². The molecule has 12 heteroatoms. The lowest BCUT2D eigenvalue weighted by atomic mass is 10.1. The van der Waals surface area contributed by atoms with Gasteiger partial charge in [-0.2, -0.15) is 13.2 Å². The molecule has 0 saturated heterocycles. The topological polar surface area (TPSA) is 90.3 Å². The van der Waals surface area contributed by atoms with Crippen molar-refractivity contribution >= 4 is 51.8 Å². The molecule has 0 saturated carbocycles. The van der Waals surface area contributed by atoms with Gasteiger partial charge in [-0.1, -0.05) is 59.6 Å². The zero-order valence-corrected chi connectivity index (χ0v) is 22.5. The van der Waals surface area contributed by atoms with Gasteiger partial charge in [-0.15, -0.1) is 0 Å². The van der Waals surface area contributed by atoms with Crippen molar-refractivity contribution in [3.8, 4) is 0 Å². The Kier molecular flexibility index (Phi) is 8.80. The van der Waals surface area contributed by atoms with Crippen molar-refractivity contribution in [2.24, 2.45) is 0 Å². The molecule has 0 aliphatic heterocycles. The van der Waals surface area contributed by atoms with Crippen LogP contribution in [0, 0.1) is 0 Å². The third-order valence-corrected chi connectivity index (χ3v) is 6.80.